The molecule has 3 amide bonds. The van der Waals surface area contributed by atoms with Gasteiger partial charge in [-0.05, 0) is 63.1 Å². The van der Waals surface area contributed by atoms with E-state index < -0.39 is 17.8 Å². The maximum atomic E-state index is 15.4. The Labute approximate surface area is 220 Å². The van der Waals surface area contributed by atoms with Crippen molar-refractivity contribution in [2.45, 2.75) is 57.3 Å². The molecular formula is C27H35F2N5O4. The highest BCUT2D eigenvalue weighted by Gasteiger charge is 2.45. The second-order valence-corrected chi connectivity index (χ2v) is 10.7. The summed E-state index contributed by atoms with van der Waals surface area (Å²) >= 11 is 0. The number of hydrogen-bond acceptors (Lipinski definition) is 6. The summed E-state index contributed by atoms with van der Waals surface area (Å²) in [7, 11) is 1.77. The van der Waals surface area contributed by atoms with Crippen molar-refractivity contribution in [3.8, 4) is 0 Å². The molecule has 3 fully saturated rings. The molecule has 0 bridgehead atoms. The topological polar surface area (TPSA) is 96.8 Å². The average molecular weight is 532 g/mol. The van der Waals surface area contributed by atoms with E-state index in [1.807, 2.05) is 18.2 Å². The number of piperidine rings is 3. The Morgan fingerprint density at radius 3 is 2.61 bits per heavy atom. The lowest BCUT2D eigenvalue weighted by Gasteiger charge is -2.41. The van der Waals surface area contributed by atoms with Crippen molar-refractivity contribution in [3.63, 3.8) is 0 Å². The Morgan fingerprint density at radius 1 is 1.16 bits per heavy atom. The van der Waals surface area contributed by atoms with Crippen LogP contribution in [-0.2, 0) is 21.4 Å². The number of anilines is 1. The van der Waals surface area contributed by atoms with Crippen LogP contribution in [0.4, 0.5) is 19.3 Å². The van der Waals surface area contributed by atoms with E-state index in [-0.39, 0.29) is 36.8 Å². The Bertz CT molecular complexity index is 1220. The van der Waals surface area contributed by atoms with Crippen molar-refractivity contribution in [1.29, 1.82) is 0 Å². The minimum atomic E-state index is -2.82. The van der Waals surface area contributed by atoms with Gasteiger partial charge in [-0.2, -0.15) is 5.10 Å². The fourth-order valence-electron chi connectivity index (χ4n) is 6.15. The standard InChI is InChI=1S/C27H35F2N5O4/c1-3-38-26(37)33-11-8-17(9-12-33)14-18-10-13-34(16-27(18,28)29)19-4-5-20-22(15-19)32(2)31-24(20)21-6-7-23(35)30-25(21)36/h4-5,15,17-18,21H,3,6-14,16H2,1-2H3,(H,30,35,36)/t18-,21?/m0/s1. The Kier molecular flexibility index (Phi) is 7.28. The second-order valence-electron chi connectivity index (χ2n) is 10.7. The number of halogens is 2. The summed E-state index contributed by atoms with van der Waals surface area (Å²) in [6.45, 7) is 3.40. The molecule has 1 N–H and O–H groups in total. The van der Waals surface area contributed by atoms with E-state index in [2.05, 4.69) is 10.4 Å². The molecule has 0 spiro atoms. The third kappa shape index (κ3) is 5.19. The van der Waals surface area contributed by atoms with Crippen LogP contribution < -0.4 is 10.2 Å². The zero-order chi connectivity index (χ0) is 27.0. The number of benzene rings is 1. The number of amides is 3. The molecule has 0 radical (unpaired) electrons. The first-order valence-corrected chi connectivity index (χ1v) is 13.5. The number of rotatable bonds is 5. The van der Waals surface area contributed by atoms with E-state index in [9.17, 15) is 14.4 Å². The van der Waals surface area contributed by atoms with Crippen molar-refractivity contribution in [2.24, 2.45) is 18.9 Å². The number of likely N-dealkylation sites (tertiary alicyclic amines) is 1. The molecule has 206 valence electrons. The van der Waals surface area contributed by atoms with E-state index in [1.165, 1.54) is 0 Å². The molecule has 38 heavy (non-hydrogen) atoms. The fourth-order valence-corrected chi connectivity index (χ4v) is 6.15. The molecule has 9 nitrogen and oxygen atoms in total. The summed E-state index contributed by atoms with van der Waals surface area (Å²) < 4.78 is 37.5. The van der Waals surface area contributed by atoms with Crippen molar-refractivity contribution in [1.82, 2.24) is 20.0 Å². The first-order valence-electron chi connectivity index (χ1n) is 13.5. The Balaban J connectivity index is 1.24. The van der Waals surface area contributed by atoms with Crippen LogP contribution in [0.15, 0.2) is 18.2 Å². The molecule has 1 unspecified atom stereocenters. The zero-order valence-corrected chi connectivity index (χ0v) is 21.9. The zero-order valence-electron chi connectivity index (χ0n) is 21.9. The molecule has 3 aliphatic heterocycles. The molecule has 11 heteroatoms. The quantitative estimate of drug-likeness (QED) is 0.590. The van der Waals surface area contributed by atoms with Gasteiger partial charge < -0.3 is 14.5 Å². The lowest BCUT2D eigenvalue weighted by atomic mass is 9.80. The molecule has 3 saturated heterocycles. The molecule has 5 rings (SSSR count). The minimum absolute atomic E-state index is 0.180. The SMILES string of the molecule is CCOC(=O)N1CCC(C[C@@H]2CCN(c3ccc4c(C5CCC(=O)NC5=O)nn(C)c4c3)CC2(F)F)CC1. The highest BCUT2D eigenvalue weighted by Crippen LogP contribution is 2.41. The predicted octanol–water partition coefficient (Wildman–Crippen LogP) is 3.81. The van der Waals surface area contributed by atoms with Gasteiger partial charge in [0.15, 0.2) is 0 Å². The first-order chi connectivity index (χ1) is 18.2. The fraction of sp³-hybridized carbons (Fsp3) is 0.630. The van der Waals surface area contributed by atoms with Crippen LogP contribution in [0.5, 0.6) is 0 Å². The number of imide groups is 1. The first kappa shape index (κ1) is 26.4. The van der Waals surface area contributed by atoms with Crippen LogP contribution in [0.1, 0.15) is 57.1 Å². The van der Waals surface area contributed by atoms with E-state index in [1.54, 1.807) is 28.5 Å². The lowest BCUT2D eigenvalue weighted by molar-refractivity contribution is -0.134. The molecule has 4 heterocycles. The van der Waals surface area contributed by atoms with Crippen LogP contribution in [0.2, 0.25) is 0 Å². The highest BCUT2D eigenvalue weighted by atomic mass is 19.3. The molecule has 2 aromatic rings. The van der Waals surface area contributed by atoms with Crippen molar-refractivity contribution in [3.05, 3.63) is 23.9 Å². The van der Waals surface area contributed by atoms with E-state index >= 15 is 8.78 Å². The number of aryl methyl sites for hydroxylation is 1. The molecule has 2 atom stereocenters. The number of ether oxygens (including phenoxy) is 1. The number of carbonyl (C=O) groups excluding carboxylic acids is 3. The van der Waals surface area contributed by atoms with Crippen LogP contribution >= 0.6 is 0 Å². The van der Waals surface area contributed by atoms with Gasteiger partial charge in [-0.1, -0.05) is 0 Å². The molecule has 1 aromatic heterocycles. The van der Waals surface area contributed by atoms with Gasteiger partial charge in [-0.25, -0.2) is 13.6 Å². The second kappa shape index (κ2) is 10.5. The maximum Gasteiger partial charge on any atom is 0.409 e. The van der Waals surface area contributed by atoms with Crippen molar-refractivity contribution in [2.75, 3.05) is 37.7 Å². The van der Waals surface area contributed by atoms with Crippen molar-refractivity contribution >= 4 is 34.5 Å². The van der Waals surface area contributed by atoms with Gasteiger partial charge in [0.25, 0.3) is 5.92 Å². The molecule has 0 saturated carbocycles. The Hall–Kier alpha value is -3.24. The third-order valence-corrected chi connectivity index (χ3v) is 8.30. The Morgan fingerprint density at radius 2 is 1.92 bits per heavy atom. The summed E-state index contributed by atoms with van der Waals surface area (Å²) in [6.07, 6.45) is 2.66. The summed E-state index contributed by atoms with van der Waals surface area (Å²) in [5.74, 6) is -4.46. The van der Waals surface area contributed by atoms with E-state index in [0.29, 0.717) is 56.9 Å². The smallest absolute Gasteiger partial charge is 0.409 e. The van der Waals surface area contributed by atoms with Gasteiger partial charge in [-0.15, -0.1) is 0 Å². The lowest BCUT2D eigenvalue weighted by Crippen LogP contribution is -2.49. The van der Waals surface area contributed by atoms with Gasteiger partial charge in [-0.3, -0.25) is 19.6 Å². The number of carbonyl (C=O) groups is 3. The normalized spacial score (nSPS) is 24.5. The summed E-state index contributed by atoms with van der Waals surface area (Å²) in [4.78, 5) is 39.3. The number of fused-ring (bicyclic) bond motifs is 1. The van der Waals surface area contributed by atoms with Crippen LogP contribution in [0.3, 0.4) is 0 Å². The maximum absolute atomic E-state index is 15.4. The minimum Gasteiger partial charge on any atom is -0.450 e. The molecule has 1 aromatic carbocycles. The van der Waals surface area contributed by atoms with Crippen LogP contribution in [0.25, 0.3) is 10.9 Å². The summed E-state index contributed by atoms with van der Waals surface area (Å²) in [5.41, 5.74) is 2.08. The average Bonchev–Trinajstić information content (AvgIpc) is 3.21. The molecular weight excluding hydrogens is 496 g/mol. The molecule has 3 aliphatic rings. The van der Waals surface area contributed by atoms with Gasteiger partial charge in [0.1, 0.15) is 0 Å². The summed E-state index contributed by atoms with van der Waals surface area (Å²) in [5, 5.41) is 7.72. The van der Waals surface area contributed by atoms with Crippen molar-refractivity contribution < 1.29 is 27.9 Å². The van der Waals surface area contributed by atoms with Gasteiger partial charge in [0, 0.05) is 50.1 Å². The predicted molar refractivity (Wildman–Crippen MR) is 137 cm³/mol. The number of hydrogen-bond donors (Lipinski definition) is 1. The van der Waals surface area contributed by atoms with Crippen LogP contribution in [0, 0.1) is 11.8 Å². The number of aromatic nitrogens is 2. The van der Waals surface area contributed by atoms with E-state index in [0.717, 1.165) is 23.7 Å². The molecule has 0 aliphatic carbocycles. The monoisotopic (exact) mass is 531 g/mol. The van der Waals surface area contributed by atoms with Gasteiger partial charge >= 0.3 is 6.09 Å². The van der Waals surface area contributed by atoms with Crippen LogP contribution in [-0.4, -0.2) is 71.3 Å². The summed E-state index contributed by atoms with van der Waals surface area (Å²) in [6, 6.07) is 5.53. The van der Waals surface area contributed by atoms with Gasteiger partial charge in [0.2, 0.25) is 11.8 Å². The van der Waals surface area contributed by atoms with E-state index in [4.69, 9.17) is 4.74 Å². The largest absolute Gasteiger partial charge is 0.450 e. The number of alkyl halides is 2. The number of nitrogens with zero attached hydrogens (tertiary/aromatic N) is 4. The number of nitrogens with one attached hydrogen (secondary N) is 1. The van der Waals surface area contributed by atoms with Gasteiger partial charge in [0.05, 0.1) is 30.3 Å². The third-order valence-electron chi connectivity index (χ3n) is 8.30. The highest BCUT2D eigenvalue weighted by molar-refractivity contribution is 6.02.